The van der Waals surface area contributed by atoms with E-state index in [0.717, 1.165) is 18.8 Å². The largest absolute Gasteiger partial charge is 0.368 e. The van der Waals surface area contributed by atoms with Crippen molar-refractivity contribution in [2.75, 3.05) is 35.8 Å². The van der Waals surface area contributed by atoms with Gasteiger partial charge in [-0.3, -0.25) is 9.52 Å². The van der Waals surface area contributed by atoms with Gasteiger partial charge in [0.05, 0.1) is 4.90 Å². The van der Waals surface area contributed by atoms with E-state index in [-0.39, 0.29) is 10.8 Å². The van der Waals surface area contributed by atoms with E-state index in [4.69, 9.17) is 0 Å². The van der Waals surface area contributed by atoms with Gasteiger partial charge >= 0.3 is 0 Å². The van der Waals surface area contributed by atoms with E-state index in [1.54, 1.807) is 49.4 Å². The van der Waals surface area contributed by atoms with Crippen molar-refractivity contribution in [3.8, 4) is 0 Å². The van der Waals surface area contributed by atoms with Crippen molar-refractivity contribution in [1.82, 2.24) is 4.90 Å². The van der Waals surface area contributed by atoms with E-state index in [0.29, 0.717) is 18.8 Å². The number of hydrogen-bond acceptors (Lipinski definition) is 4. The molecule has 0 bridgehead atoms. The maximum absolute atomic E-state index is 12.3. The lowest BCUT2D eigenvalue weighted by Gasteiger charge is -2.35. The molecule has 132 valence electrons. The molecule has 7 heteroatoms. The number of anilines is 2. The summed E-state index contributed by atoms with van der Waals surface area (Å²) < 4.78 is 27.2. The van der Waals surface area contributed by atoms with Crippen molar-refractivity contribution < 1.29 is 13.2 Å². The third-order valence-corrected chi connectivity index (χ3v) is 5.66. The standard InChI is InChI=1S/C18H21N3O3S/c1-15(22)20-11-13-21(14-12-20)17-9-7-16(8-10-17)19-25(23,24)18-5-3-2-4-6-18/h2-10,19H,11-14H2,1H3. The van der Waals surface area contributed by atoms with Gasteiger partial charge in [0.25, 0.3) is 10.0 Å². The predicted octanol–water partition coefficient (Wildman–Crippen LogP) is 2.16. The number of nitrogens with zero attached hydrogens (tertiary/aromatic N) is 2. The Labute approximate surface area is 148 Å². The van der Waals surface area contributed by atoms with Crippen molar-refractivity contribution in [2.45, 2.75) is 11.8 Å². The summed E-state index contributed by atoms with van der Waals surface area (Å²) in [6.07, 6.45) is 0. The topological polar surface area (TPSA) is 69.7 Å². The number of piperazine rings is 1. The van der Waals surface area contributed by atoms with E-state index in [9.17, 15) is 13.2 Å². The molecule has 0 radical (unpaired) electrons. The average molecular weight is 359 g/mol. The molecule has 1 aliphatic heterocycles. The summed E-state index contributed by atoms with van der Waals surface area (Å²) in [4.78, 5) is 15.6. The smallest absolute Gasteiger partial charge is 0.261 e. The van der Waals surface area contributed by atoms with Crippen molar-refractivity contribution in [3.63, 3.8) is 0 Å². The second-order valence-electron chi connectivity index (χ2n) is 5.96. The third-order valence-electron chi connectivity index (χ3n) is 4.26. The molecule has 0 atom stereocenters. The van der Waals surface area contributed by atoms with Crippen molar-refractivity contribution in [2.24, 2.45) is 0 Å². The van der Waals surface area contributed by atoms with Crippen LogP contribution in [-0.4, -0.2) is 45.4 Å². The molecule has 1 amide bonds. The van der Waals surface area contributed by atoms with Gasteiger partial charge in [-0.15, -0.1) is 0 Å². The zero-order valence-electron chi connectivity index (χ0n) is 14.1. The summed E-state index contributed by atoms with van der Waals surface area (Å²) in [5.41, 5.74) is 1.54. The van der Waals surface area contributed by atoms with E-state index in [2.05, 4.69) is 9.62 Å². The van der Waals surface area contributed by atoms with Crippen LogP contribution >= 0.6 is 0 Å². The summed E-state index contributed by atoms with van der Waals surface area (Å²) >= 11 is 0. The first-order valence-electron chi connectivity index (χ1n) is 8.14. The van der Waals surface area contributed by atoms with E-state index in [1.807, 2.05) is 17.0 Å². The van der Waals surface area contributed by atoms with Crippen LogP contribution in [0.5, 0.6) is 0 Å². The lowest BCUT2D eigenvalue weighted by Crippen LogP contribution is -2.48. The van der Waals surface area contributed by atoms with Gasteiger partial charge in [-0.2, -0.15) is 0 Å². The first-order chi connectivity index (χ1) is 12.0. The highest BCUT2D eigenvalue weighted by molar-refractivity contribution is 7.92. The molecule has 1 fully saturated rings. The van der Waals surface area contributed by atoms with Crippen LogP contribution in [0.4, 0.5) is 11.4 Å². The molecule has 0 spiro atoms. The van der Waals surface area contributed by atoms with Crippen LogP contribution in [0.3, 0.4) is 0 Å². The van der Waals surface area contributed by atoms with Crippen LogP contribution in [-0.2, 0) is 14.8 Å². The SMILES string of the molecule is CC(=O)N1CCN(c2ccc(NS(=O)(=O)c3ccccc3)cc2)CC1. The van der Waals surface area contributed by atoms with E-state index < -0.39 is 10.0 Å². The molecule has 25 heavy (non-hydrogen) atoms. The van der Waals surface area contributed by atoms with Gasteiger partial charge in [0, 0.05) is 44.5 Å². The van der Waals surface area contributed by atoms with E-state index in [1.165, 1.54) is 0 Å². The summed E-state index contributed by atoms with van der Waals surface area (Å²) in [7, 11) is -3.58. The third kappa shape index (κ3) is 4.11. The Hall–Kier alpha value is -2.54. The molecule has 0 saturated carbocycles. The van der Waals surface area contributed by atoms with Gasteiger partial charge in [0.1, 0.15) is 0 Å². The van der Waals surface area contributed by atoms with Gasteiger partial charge in [-0.25, -0.2) is 8.42 Å². The molecule has 6 nitrogen and oxygen atoms in total. The lowest BCUT2D eigenvalue weighted by molar-refractivity contribution is -0.129. The minimum absolute atomic E-state index is 0.102. The molecule has 1 heterocycles. The van der Waals surface area contributed by atoms with Crippen LogP contribution in [0.1, 0.15) is 6.92 Å². The Morgan fingerprint density at radius 2 is 1.52 bits per heavy atom. The predicted molar refractivity (Wildman–Crippen MR) is 98.2 cm³/mol. The highest BCUT2D eigenvalue weighted by atomic mass is 32.2. The van der Waals surface area contributed by atoms with Gasteiger partial charge < -0.3 is 9.80 Å². The summed E-state index contributed by atoms with van der Waals surface area (Å²) in [5, 5.41) is 0. The number of carbonyl (C=O) groups excluding carboxylic acids is 1. The van der Waals surface area contributed by atoms with Gasteiger partial charge in [-0.1, -0.05) is 18.2 Å². The number of amides is 1. The Kier molecular flexibility index (Phi) is 4.94. The summed E-state index contributed by atoms with van der Waals surface area (Å²) in [5.74, 6) is 0.102. The number of benzene rings is 2. The first kappa shape index (κ1) is 17.3. The van der Waals surface area contributed by atoms with Crippen LogP contribution < -0.4 is 9.62 Å². The van der Waals surface area contributed by atoms with Gasteiger partial charge in [0.2, 0.25) is 5.91 Å². The molecule has 2 aromatic rings. The molecule has 1 N–H and O–H groups in total. The summed E-state index contributed by atoms with van der Waals surface area (Å²) in [6, 6.07) is 15.6. The number of carbonyl (C=O) groups is 1. The molecule has 0 aromatic heterocycles. The number of sulfonamides is 1. The molecule has 3 rings (SSSR count). The highest BCUT2D eigenvalue weighted by Gasteiger charge is 2.19. The molecule has 1 saturated heterocycles. The molecular formula is C18H21N3O3S. The Bertz CT molecular complexity index is 828. The second-order valence-corrected chi connectivity index (χ2v) is 7.64. The van der Waals surface area contributed by atoms with Crippen molar-refractivity contribution >= 4 is 27.3 Å². The first-order valence-corrected chi connectivity index (χ1v) is 9.62. The van der Waals surface area contributed by atoms with Gasteiger partial charge in [-0.05, 0) is 36.4 Å². The Balaban J connectivity index is 1.66. The number of hydrogen-bond donors (Lipinski definition) is 1. The molecule has 0 aliphatic carbocycles. The quantitative estimate of drug-likeness (QED) is 0.908. The zero-order chi connectivity index (χ0) is 17.9. The normalized spacial score (nSPS) is 15.1. The highest BCUT2D eigenvalue weighted by Crippen LogP contribution is 2.21. The molecule has 0 unspecified atom stereocenters. The monoisotopic (exact) mass is 359 g/mol. The zero-order valence-corrected chi connectivity index (χ0v) is 14.9. The maximum Gasteiger partial charge on any atom is 0.261 e. The fraction of sp³-hybridized carbons (Fsp3) is 0.278. The minimum Gasteiger partial charge on any atom is -0.368 e. The Morgan fingerprint density at radius 1 is 0.920 bits per heavy atom. The van der Waals surface area contributed by atoms with Crippen LogP contribution in [0, 0.1) is 0 Å². The second kappa shape index (κ2) is 7.14. The Morgan fingerprint density at radius 3 is 2.08 bits per heavy atom. The number of nitrogens with one attached hydrogen (secondary N) is 1. The van der Waals surface area contributed by atoms with Gasteiger partial charge in [0.15, 0.2) is 0 Å². The number of rotatable bonds is 4. The van der Waals surface area contributed by atoms with Crippen molar-refractivity contribution in [3.05, 3.63) is 54.6 Å². The summed E-state index contributed by atoms with van der Waals surface area (Å²) in [6.45, 7) is 4.54. The fourth-order valence-corrected chi connectivity index (χ4v) is 3.91. The maximum atomic E-state index is 12.3. The van der Waals surface area contributed by atoms with Crippen LogP contribution in [0.25, 0.3) is 0 Å². The van der Waals surface area contributed by atoms with Crippen LogP contribution in [0.15, 0.2) is 59.5 Å². The lowest BCUT2D eigenvalue weighted by atomic mass is 10.2. The molecule has 1 aliphatic rings. The molecular weight excluding hydrogens is 338 g/mol. The van der Waals surface area contributed by atoms with Crippen LogP contribution in [0.2, 0.25) is 0 Å². The average Bonchev–Trinajstić information content (AvgIpc) is 2.63. The minimum atomic E-state index is -3.58. The van der Waals surface area contributed by atoms with E-state index >= 15 is 0 Å². The van der Waals surface area contributed by atoms with Crippen molar-refractivity contribution in [1.29, 1.82) is 0 Å². The molecule has 2 aromatic carbocycles. The fourth-order valence-electron chi connectivity index (χ4n) is 2.83.